The Kier molecular flexibility index (Phi) is 6.18. The monoisotopic (exact) mass is 343 g/mol. The lowest BCUT2D eigenvalue weighted by Crippen LogP contribution is -2.36. The zero-order valence-electron chi connectivity index (χ0n) is 11.6. The van der Waals surface area contributed by atoms with Gasteiger partial charge in [-0.3, -0.25) is 0 Å². The molecule has 2 rings (SSSR count). The molecule has 0 bridgehead atoms. The summed E-state index contributed by atoms with van der Waals surface area (Å²) in [5.74, 6) is 0.855. The van der Waals surface area contributed by atoms with Gasteiger partial charge >= 0.3 is 0 Å². The van der Waals surface area contributed by atoms with Gasteiger partial charge < -0.3 is 5.32 Å². The van der Waals surface area contributed by atoms with Gasteiger partial charge in [0.1, 0.15) is 0 Å². The molecule has 19 heavy (non-hydrogen) atoms. The lowest BCUT2D eigenvalue weighted by atomic mass is 9.83. The summed E-state index contributed by atoms with van der Waals surface area (Å²) in [6, 6.07) is 6.78. The molecule has 0 amide bonds. The molecule has 0 radical (unpaired) electrons. The molecule has 1 unspecified atom stereocenters. The zero-order chi connectivity index (χ0) is 13.7. The molecule has 0 saturated heterocycles. The molecule has 1 atom stereocenters. The largest absolute Gasteiger partial charge is 0.310 e. The molecule has 1 aliphatic carbocycles. The second kappa shape index (κ2) is 7.66. The van der Waals surface area contributed by atoms with Gasteiger partial charge in [0, 0.05) is 22.1 Å². The van der Waals surface area contributed by atoms with Crippen molar-refractivity contribution in [1.29, 1.82) is 0 Å². The van der Waals surface area contributed by atoms with Gasteiger partial charge in [0.05, 0.1) is 0 Å². The Morgan fingerprint density at radius 3 is 2.68 bits per heavy atom. The van der Waals surface area contributed by atoms with Gasteiger partial charge in [-0.1, -0.05) is 59.8 Å². The molecule has 1 N–H and O–H groups in total. The lowest BCUT2D eigenvalue weighted by molar-refractivity contribution is 0.262. The summed E-state index contributed by atoms with van der Waals surface area (Å²) in [5.41, 5.74) is 1.19. The van der Waals surface area contributed by atoms with Crippen molar-refractivity contribution in [2.75, 3.05) is 0 Å². The van der Waals surface area contributed by atoms with Crippen LogP contribution in [0.15, 0.2) is 22.7 Å². The van der Waals surface area contributed by atoms with Crippen molar-refractivity contribution >= 4 is 27.5 Å². The predicted molar refractivity (Wildman–Crippen MR) is 86.6 cm³/mol. The number of nitrogens with one attached hydrogen (secondary N) is 1. The third-order valence-electron chi connectivity index (χ3n) is 4.23. The van der Waals surface area contributed by atoms with Gasteiger partial charge in [-0.15, -0.1) is 0 Å². The number of rotatable bonds is 5. The molecule has 1 fully saturated rings. The van der Waals surface area contributed by atoms with Gasteiger partial charge in [-0.2, -0.15) is 0 Å². The topological polar surface area (TPSA) is 12.0 Å². The van der Waals surface area contributed by atoms with E-state index in [0.29, 0.717) is 6.04 Å². The maximum atomic E-state index is 6.27. The molecular weight excluding hydrogens is 322 g/mol. The maximum Gasteiger partial charge on any atom is 0.0462 e. The lowest BCUT2D eigenvalue weighted by Gasteiger charge is -2.30. The highest BCUT2D eigenvalue weighted by Crippen LogP contribution is 2.28. The minimum absolute atomic E-state index is 0.639. The SMILES string of the molecule is CCC(NCc1ccc(Br)cc1Cl)C1CCCCC1. The van der Waals surface area contributed by atoms with E-state index in [2.05, 4.69) is 40.3 Å². The van der Waals surface area contributed by atoms with Crippen molar-refractivity contribution in [3.05, 3.63) is 33.3 Å². The first-order valence-corrected chi connectivity index (χ1v) is 8.55. The van der Waals surface area contributed by atoms with Crippen molar-refractivity contribution in [2.45, 2.75) is 58.0 Å². The van der Waals surface area contributed by atoms with Crippen molar-refractivity contribution in [1.82, 2.24) is 5.32 Å². The minimum atomic E-state index is 0.639. The molecule has 0 spiro atoms. The first kappa shape index (κ1) is 15.3. The fourth-order valence-corrected chi connectivity index (χ4v) is 3.83. The molecule has 0 aliphatic heterocycles. The van der Waals surface area contributed by atoms with Gasteiger partial charge in [-0.05, 0) is 42.9 Å². The van der Waals surface area contributed by atoms with Crippen LogP contribution in [-0.2, 0) is 6.54 Å². The number of benzene rings is 1. The van der Waals surface area contributed by atoms with Gasteiger partial charge in [-0.25, -0.2) is 0 Å². The zero-order valence-corrected chi connectivity index (χ0v) is 13.9. The van der Waals surface area contributed by atoms with E-state index >= 15 is 0 Å². The van der Waals surface area contributed by atoms with Crippen LogP contribution in [0.4, 0.5) is 0 Å². The van der Waals surface area contributed by atoms with Gasteiger partial charge in [0.25, 0.3) is 0 Å². The summed E-state index contributed by atoms with van der Waals surface area (Å²) in [7, 11) is 0. The Bertz CT molecular complexity index is 402. The standard InChI is InChI=1S/C16H23BrClN/c1-2-16(12-6-4-3-5-7-12)19-11-13-8-9-14(17)10-15(13)18/h8-10,12,16,19H,2-7,11H2,1H3. The van der Waals surface area contributed by atoms with Crippen LogP contribution in [0.1, 0.15) is 51.0 Å². The fraction of sp³-hybridized carbons (Fsp3) is 0.625. The first-order valence-electron chi connectivity index (χ1n) is 7.38. The Labute approximate surface area is 130 Å². The van der Waals surface area contributed by atoms with E-state index in [1.54, 1.807) is 0 Å². The maximum absolute atomic E-state index is 6.27. The molecule has 106 valence electrons. The van der Waals surface area contributed by atoms with Crippen LogP contribution in [0.25, 0.3) is 0 Å². The Balaban J connectivity index is 1.91. The van der Waals surface area contributed by atoms with Gasteiger partial charge in [0.15, 0.2) is 0 Å². The van der Waals surface area contributed by atoms with E-state index in [1.807, 2.05) is 6.07 Å². The summed E-state index contributed by atoms with van der Waals surface area (Å²) in [4.78, 5) is 0. The molecule has 0 heterocycles. The fourth-order valence-electron chi connectivity index (χ4n) is 3.09. The second-order valence-electron chi connectivity index (χ2n) is 5.53. The average Bonchev–Trinajstić information content (AvgIpc) is 2.43. The second-order valence-corrected chi connectivity index (χ2v) is 6.85. The van der Waals surface area contributed by atoms with Crippen LogP contribution in [0, 0.1) is 5.92 Å². The first-order chi connectivity index (χ1) is 9.20. The highest BCUT2D eigenvalue weighted by Gasteiger charge is 2.21. The van der Waals surface area contributed by atoms with Crippen molar-refractivity contribution < 1.29 is 0 Å². The molecule has 1 aromatic carbocycles. The average molecular weight is 345 g/mol. The summed E-state index contributed by atoms with van der Waals surface area (Å²) in [6.45, 7) is 3.16. The highest BCUT2D eigenvalue weighted by molar-refractivity contribution is 9.10. The number of halogens is 2. The molecule has 1 aromatic rings. The van der Waals surface area contributed by atoms with E-state index in [-0.39, 0.29) is 0 Å². The van der Waals surface area contributed by atoms with Crippen LogP contribution in [0.2, 0.25) is 5.02 Å². The Morgan fingerprint density at radius 1 is 1.32 bits per heavy atom. The van der Waals surface area contributed by atoms with E-state index in [9.17, 15) is 0 Å². The minimum Gasteiger partial charge on any atom is -0.310 e. The van der Waals surface area contributed by atoms with Crippen LogP contribution in [-0.4, -0.2) is 6.04 Å². The van der Waals surface area contributed by atoms with E-state index < -0.39 is 0 Å². The molecule has 1 aliphatic rings. The molecule has 1 nitrogen and oxygen atoms in total. The van der Waals surface area contributed by atoms with Crippen molar-refractivity contribution in [2.24, 2.45) is 5.92 Å². The van der Waals surface area contributed by atoms with Gasteiger partial charge in [0.2, 0.25) is 0 Å². The van der Waals surface area contributed by atoms with E-state index in [0.717, 1.165) is 22.0 Å². The Morgan fingerprint density at radius 2 is 2.05 bits per heavy atom. The van der Waals surface area contributed by atoms with Crippen LogP contribution in [0.3, 0.4) is 0 Å². The summed E-state index contributed by atoms with van der Waals surface area (Å²) < 4.78 is 1.04. The normalized spacial score (nSPS) is 18.5. The van der Waals surface area contributed by atoms with Crippen molar-refractivity contribution in [3.63, 3.8) is 0 Å². The van der Waals surface area contributed by atoms with Crippen molar-refractivity contribution in [3.8, 4) is 0 Å². The quantitative estimate of drug-likeness (QED) is 0.738. The summed E-state index contributed by atoms with van der Waals surface area (Å²) in [5, 5.41) is 4.56. The molecule has 3 heteroatoms. The highest BCUT2D eigenvalue weighted by atomic mass is 79.9. The van der Waals surface area contributed by atoms with E-state index in [4.69, 9.17) is 11.6 Å². The Hall–Kier alpha value is -0.0500. The van der Waals surface area contributed by atoms with Crippen LogP contribution >= 0.6 is 27.5 Å². The molecular formula is C16H23BrClN. The van der Waals surface area contributed by atoms with E-state index in [1.165, 1.54) is 44.1 Å². The summed E-state index contributed by atoms with van der Waals surface area (Å²) >= 11 is 9.72. The summed E-state index contributed by atoms with van der Waals surface area (Å²) in [6.07, 6.45) is 8.22. The van der Waals surface area contributed by atoms with Crippen LogP contribution in [0.5, 0.6) is 0 Å². The third kappa shape index (κ3) is 4.47. The number of hydrogen-bond donors (Lipinski definition) is 1. The molecule has 0 aromatic heterocycles. The molecule has 1 saturated carbocycles. The predicted octanol–water partition coefficient (Wildman–Crippen LogP) is 5.55. The van der Waals surface area contributed by atoms with Crippen LogP contribution < -0.4 is 5.32 Å². The number of hydrogen-bond acceptors (Lipinski definition) is 1. The third-order valence-corrected chi connectivity index (χ3v) is 5.07. The smallest absolute Gasteiger partial charge is 0.0462 e.